The molecule has 0 unspecified atom stereocenters. The molecule has 108 valence electrons. The number of hydrogen-bond acceptors (Lipinski definition) is 4. The number of nitriles is 1. The van der Waals surface area contributed by atoms with Crippen LogP contribution in [-0.4, -0.2) is 13.5 Å². The van der Waals surface area contributed by atoms with Crippen molar-refractivity contribution >= 4 is 15.7 Å². The molecule has 0 radical (unpaired) electrons. The first-order valence-corrected chi connectivity index (χ1v) is 7.34. The predicted octanol–water partition coefficient (Wildman–Crippen LogP) is 2.51. The van der Waals surface area contributed by atoms with Crippen LogP contribution in [0.2, 0.25) is 0 Å². The van der Waals surface area contributed by atoms with Gasteiger partial charge >= 0.3 is 0 Å². The van der Waals surface area contributed by atoms with Gasteiger partial charge in [-0.1, -0.05) is 6.07 Å². The van der Waals surface area contributed by atoms with Gasteiger partial charge in [0.15, 0.2) is 0 Å². The number of nitrogens with zero attached hydrogens (tertiary/aromatic N) is 1. The van der Waals surface area contributed by atoms with Crippen LogP contribution < -0.4 is 4.72 Å². The van der Waals surface area contributed by atoms with E-state index in [1.54, 1.807) is 19.1 Å². The fourth-order valence-electron chi connectivity index (χ4n) is 1.69. The minimum absolute atomic E-state index is 0.0119. The van der Waals surface area contributed by atoms with Crippen molar-refractivity contribution < 1.29 is 17.9 Å². The van der Waals surface area contributed by atoms with E-state index in [0.29, 0.717) is 0 Å². The van der Waals surface area contributed by atoms with E-state index in [1.807, 2.05) is 0 Å². The molecule has 5 nitrogen and oxygen atoms in total. The first kappa shape index (κ1) is 14.8. The highest BCUT2D eigenvalue weighted by atomic mass is 32.2. The van der Waals surface area contributed by atoms with Crippen molar-refractivity contribution in [3.05, 3.63) is 53.3 Å². The average molecular weight is 306 g/mol. The van der Waals surface area contributed by atoms with Gasteiger partial charge in [-0.3, -0.25) is 4.72 Å². The van der Waals surface area contributed by atoms with Crippen LogP contribution in [0.1, 0.15) is 11.1 Å². The summed E-state index contributed by atoms with van der Waals surface area (Å²) < 4.78 is 39.8. The zero-order chi connectivity index (χ0) is 15.6. The second kappa shape index (κ2) is 5.42. The number of phenols is 1. The van der Waals surface area contributed by atoms with Crippen LogP contribution in [0.3, 0.4) is 0 Å². The van der Waals surface area contributed by atoms with E-state index in [1.165, 1.54) is 12.1 Å². The first-order chi connectivity index (χ1) is 9.83. The van der Waals surface area contributed by atoms with Crippen molar-refractivity contribution in [3.8, 4) is 11.8 Å². The maximum Gasteiger partial charge on any atom is 0.262 e. The number of aryl methyl sites for hydroxylation is 1. The first-order valence-electron chi connectivity index (χ1n) is 5.85. The average Bonchev–Trinajstić information content (AvgIpc) is 2.43. The van der Waals surface area contributed by atoms with E-state index in [-0.39, 0.29) is 21.9 Å². The lowest BCUT2D eigenvalue weighted by Gasteiger charge is -2.10. The van der Waals surface area contributed by atoms with E-state index < -0.39 is 15.8 Å². The Hall–Kier alpha value is -2.59. The standard InChI is InChI=1S/C14H11FN2O3S/c1-9-2-5-14(18)13(6-9)17-21(19,20)11-3-4-12(15)10(7-11)8-16/h2-7,17-18H,1H3. The molecule has 0 aliphatic carbocycles. The molecule has 0 spiro atoms. The molecule has 0 heterocycles. The number of rotatable bonds is 3. The van der Waals surface area contributed by atoms with E-state index in [4.69, 9.17) is 5.26 Å². The van der Waals surface area contributed by atoms with Crippen molar-refractivity contribution in [2.24, 2.45) is 0 Å². The van der Waals surface area contributed by atoms with Crippen LogP contribution in [0.4, 0.5) is 10.1 Å². The molecule has 0 aromatic heterocycles. The molecule has 0 amide bonds. The summed E-state index contributed by atoms with van der Waals surface area (Å²) in [7, 11) is -4.03. The van der Waals surface area contributed by atoms with E-state index in [2.05, 4.69) is 4.72 Å². The Bertz CT molecular complexity index is 842. The van der Waals surface area contributed by atoms with E-state index >= 15 is 0 Å². The topological polar surface area (TPSA) is 90.2 Å². The molecule has 21 heavy (non-hydrogen) atoms. The van der Waals surface area contributed by atoms with Crippen LogP contribution in [0.5, 0.6) is 5.75 Å². The van der Waals surface area contributed by atoms with Gasteiger partial charge in [0.25, 0.3) is 10.0 Å². The van der Waals surface area contributed by atoms with Gasteiger partial charge in [0, 0.05) is 0 Å². The van der Waals surface area contributed by atoms with Crippen molar-refractivity contribution in [1.29, 1.82) is 5.26 Å². The Balaban J connectivity index is 2.44. The molecular formula is C14H11FN2O3S. The molecular weight excluding hydrogens is 295 g/mol. The summed E-state index contributed by atoms with van der Waals surface area (Å²) in [6, 6.07) is 8.91. The summed E-state index contributed by atoms with van der Waals surface area (Å²) in [4.78, 5) is -0.263. The van der Waals surface area contributed by atoms with Gasteiger partial charge in [-0.2, -0.15) is 5.26 Å². The molecule has 0 aliphatic rings. The normalized spacial score (nSPS) is 10.9. The number of halogens is 1. The molecule has 0 fully saturated rings. The number of benzene rings is 2. The molecule has 2 aromatic carbocycles. The predicted molar refractivity (Wildman–Crippen MR) is 74.8 cm³/mol. The van der Waals surface area contributed by atoms with Crippen LogP contribution in [0, 0.1) is 24.1 Å². The number of phenolic OH excluding ortho intramolecular Hbond substituents is 1. The van der Waals surface area contributed by atoms with Crippen LogP contribution in [0.15, 0.2) is 41.3 Å². The second-order valence-corrected chi connectivity index (χ2v) is 6.06. The zero-order valence-electron chi connectivity index (χ0n) is 11.0. The molecule has 0 aliphatic heterocycles. The second-order valence-electron chi connectivity index (χ2n) is 4.38. The van der Waals surface area contributed by atoms with Crippen LogP contribution in [0.25, 0.3) is 0 Å². The molecule has 0 atom stereocenters. The highest BCUT2D eigenvalue weighted by Gasteiger charge is 2.18. The smallest absolute Gasteiger partial charge is 0.262 e. The quantitative estimate of drug-likeness (QED) is 0.853. The lowest BCUT2D eigenvalue weighted by molar-refractivity contribution is 0.477. The van der Waals surface area contributed by atoms with Crippen molar-refractivity contribution in [2.75, 3.05) is 4.72 Å². The number of sulfonamides is 1. The number of hydrogen-bond donors (Lipinski definition) is 2. The number of anilines is 1. The Morgan fingerprint density at radius 3 is 2.62 bits per heavy atom. The van der Waals surface area contributed by atoms with Gasteiger partial charge in [0.2, 0.25) is 0 Å². The Morgan fingerprint density at radius 1 is 1.24 bits per heavy atom. The molecule has 7 heteroatoms. The fourth-order valence-corrected chi connectivity index (χ4v) is 2.78. The molecule has 0 bridgehead atoms. The summed E-state index contributed by atoms with van der Waals surface area (Å²) in [5.41, 5.74) is 0.395. The van der Waals surface area contributed by atoms with Gasteiger partial charge < -0.3 is 5.11 Å². The zero-order valence-corrected chi connectivity index (χ0v) is 11.8. The summed E-state index contributed by atoms with van der Waals surface area (Å²) in [5, 5.41) is 18.4. The summed E-state index contributed by atoms with van der Waals surface area (Å²) in [6.45, 7) is 1.74. The van der Waals surface area contributed by atoms with Gasteiger partial charge in [0.1, 0.15) is 17.6 Å². The maximum absolute atomic E-state index is 13.2. The Morgan fingerprint density at radius 2 is 1.95 bits per heavy atom. The minimum atomic E-state index is -4.03. The highest BCUT2D eigenvalue weighted by molar-refractivity contribution is 7.92. The van der Waals surface area contributed by atoms with E-state index in [0.717, 1.165) is 23.8 Å². The lowest BCUT2D eigenvalue weighted by atomic mass is 10.2. The Labute approximate surface area is 121 Å². The van der Waals surface area contributed by atoms with Crippen molar-refractivity contribution in [3.63, 3.8) is 0 Å². The van der Waals surface area contributed by atoms with Gasteiger partial charge in [0.05, 0.1) is 16.1 Å². The Kier molecular flexibility index (Phi) is 3.82. The maximum atomic E-state index is 13.2. The van der Waals surface area contributed by atoms with Gasteiger partial charge in [-0.25, -0.2) is 12.8 Å². The third kappa shape index (κ3) is 3.12. The monoisotopic (exact) mass is 306 g/mol. The van der Waals surface area contributed by atoms with Gasteiger partial charge in [-0.05, 0) is 42.8 Å². The SMILES string of the molecule is Cc1ccc(O)c(NS(=O)(=O)c2ccc(F)c(C#N)c2)c1. The molecule has 2 N–H and O–H groups in total. The molecule has 2 rings (SSSR count). The summed E-state index contributed by atoms with van der Waals surface area (Å²) in [6.07, 6.45) is 0. The third-order valence-corrected chi connectivity index (χ3v) is 4.13. The van der Waals surface area contributed by atoms with E-state index in [9.17, 15) is 17.9 Å². The largest absolute Gasteiger partial charge is 0.506 e. The van der Waals surface area contributed by atoms with Crippen molar-refractivity contribution in [2.45, 2.75) is 11.8 Å². The third-order valence-electron chi connectivity index (χ3n) is 2.76. The van der Waals surface area contributed by atoms with Crippen LogP contribution >= 0.6 is 0 Å². The number of aromatic hydroxyl groups is 1. The van der Waals surface area contributed by atoms with Gasteiger partial charge in [-0.15, -0.1) is 0 Å². The van der Waals surface area contributed by atoms with Crippen LogP contribution in [-0.2, 0) is 10.0 Å². The summed E-state index contributed by atoms with van der Waals surface area (Å²) in [5.74, 6) is -1.03. The molecule has 2 aromatic rings. The minimum Gasteiger partial charge on any atom is -0.506 e. The van der Waals surface area contributed by atoms with Crippen molar-refractivity contribution in [1.82, 2.24) is 0 Å². The number of nitrogens with one attached hydrogen (secondary N) is 1. The molecule has 0 saturated heterocycles. The highest BCUT2D eigenvalue weighted by Crippen LogP contribution is 2.27. The molecule has 0 saturated carbocycles. The fraction of sp³-hybridized carbons (Fsp3) is 0.0714. The lowest BCUT2D eigenvalue weighted by Crippen LogP contribution is -2.13. The summed E-state index contributed by atoms with van der Waals surface area (Å²) >= 11 is 0.